The van der Waals surface area contributed by atoms with Gasteiger partial charge in [0.1, 0.15) is 5.82 Å². The number of rotatable bonds is 4. The normalized spacial score (nSPS) is 10.6. The molecule has 25 heavy (non-hydrogen) atoms. The van der Waals surface area contributed by atoms with Crippen molar-refractivity contribution >= 4 is 28.4 Å². The summed E-state index contributed by atoms with van der Waals surface area (Å²) in [5.41, 5.74) is 7.17. The minimum absolute atomic E-state index is 0.0836. The minimum atomic E-state index is -0.609. The summed E-state index contributed by atoms with van der Waals surface area (Å²) in [6, 6.07) is 11.2. The average molecular weight is 338 g/mol. The Bertz CT molecular complexity index is 988. The van der Waals surface area contributed by atoms with Crippen molar-refractivity contribution in [2.45, 2.75) is 13.5 Å². The minimum Gasteiger partial charge on any atom is -0.454 e. The summed E-state index contributed by atoms with van der Waals surface area (Å²) in [5, 5.41) is 11.5. The third-order valence-corrected chi connectivity index (χ3v) is 3.65. The fraction of sp³-hybridized carbons (Fsp3) is 0.118. The second-order valence-corrected chi connectivity index (χ2v) is 5.37. The number of hydrogen-bond donors (Lipinski definition) is 1. The number of aryl methyl sites for hydroxylation is 1. The second kappa shape index (κ2) is 6.52. The van der Waals surface area contributed by atoms with E-state index in [4.69, 9.17) is 10.5 Å². The molecular weight excluding hydrogens is 324 g/mol. The first kappa shape index (κ1) is 16.3. The zero-order valence-corrected chi connectivity index (χ0v) is 13.3. The number of aromatic nitrogens is 2. The van der Waals surface area contributed by atoms with Gasteiger partial charge in [-0.3, -0.25) is 10.1 Å². The van der Waals surface area contributed by atoms with E-state index in [2.05, 4.69) is 9.97 Å². The Labute approximate surface area is 142 Å². The van der Waals surface area contributed by atoms with Crippen LogP contribution in [-0.4, -0.2) is 20.9 Å². The third kappa shape index (κ3) is 3.37. The molecule has 0 radical (unpaired) electrons. The van der Waals surface area contributed by atoms with Gasteiger partial charge in [-0.25, -0.2) is 14.8 Å². The number of anilines is 1. The van der Waals surface area contributed by atoms with Gasteiger partial charge in [0.05, 0.1) is 16.0 Å². The molecule has 0 fully saturated rings. The van der Waals surface area contributed by atoms with Crippen LogP contribution >= 0.6 is 0 Å². The second-order valence-electron chi connectivity index (χ2n) is 5.37. The van der Waals surface area contributed by atoms with Crippen LogP contribution in [0.3, 0.4) is 0 Å². The van der Waals surface area contributed by atoms with E-state index in [1.165, 1.54) is 18.2 Å². The SMILES string of the molecule is Cc1cc([N+](=O)[O-])ccc1C(=O)OCc1nc(N)c2ccccc2n1. The zero-order chi connectivity index (χ0) is 18.0. The number of hydrogen-bond acceptors (Lipinski definition) is 7. The van der Waals surface area contributed by atoms with Gasteiger partial charge in [0.2, 0.25) is 0 Å². The lowest BCUT2D eigenvalue weighted by atomic mass is 10.1. The molecule has 0 saturated heterocycles. The Hall–Kier alpha value is -3.55. The first-order valence-electron chi connectivity index (χ1n) is 7.39. The molecule has 0 saturated carbocycles. The van der Waals surface area contributed by atoms with Crippen molar-refractivity contribution in [3.8, 4) is 0 Å². The van der Waals surface area contributed by atoms with E-state index in [-0.39, 0.29) is 23.7 Å². The Morgan fingerprint density at radius 1 is 1.24 bits per heavy atom. The summed E-state index contributed by atoms with van der Waals surface area (Å²) in [6.07, 6.45) is 0. The first-order valence-corrected chi connectivity index (χ1v) is 7.39. The maximum atomic E-state index is 12.2. The van der Waals surface area contributed by atoms with Crippen molar-refractivity contribution < 1.29 is 14.5 Å². The van der Waals surface area contributed by atoms with Crippen molar-refractivity contribution in [3.05, 3.63) is 69.5 Å². The highest BCUT2D eigenvalue weighted by molar-refractivity contribution is 5.91. The molecular formula is C17H14N4O4. The standard InChI is InChI=1S/C17H14N4O4/c1-10-8-11(21(23)24)6-7-12(10)17(22)25-9-15-19-14-5-3-2-4-13(14)16(18)20-15/h2-8H,9H2,1H3,(H2,18,19,20). The number of fused-ring (bicyclic) bond motifs is 1. The van der Waals surface area contributed by atoms with E-state index in [0.29, 0.717) is 16.9 Å². The van der Waals surface area contributed by atoms with Gasteiger partial charge in [0.25, 0.3) is 5.69 Å². The van der Waals surface area contributed by atoms with Crippen molar-refractivity contribution in [1.82, 2.24) is 9.97 Å². The van der Waals surface area contributed by atoms with Crippen LogP contribution in [-0.2, 0) is 11.3 Å². The van der Waals surface area contributed by atoms with Crippen LogP contribution < -0.4 is 5.73 Å². The molecule has 1 heterocycles. The fourth-order valence-electron chi connectivity index (χ4n) is 2.41. The summed E-state index contributed by atoms with van der Waals surface area (Å²) < 4.78 is 5.21. The maximum absolute atomic E-state index is 12.2. The van der Waals surface area contributed by atoms with Crippen molar-refractivity contribution in [2.24, 2.45) is 0 Å². The molecule has 3 aromatic rings. The summed E-state index contributed by atoms with van der Waals surface area (Å²) in [4.78, 5) is 30.8. The highest BCUT2D eigenvalue weighted by atomic mass is 16.6. The molecule has 8 nitrogen and oxygen atoms in total. The molecule has 0 unspecified atom stereocenters. The number of benzene rings is 2. The third-order valence-electron chi connectivity index (χ3n) is 3.65. The lowest BCUT2D eigenvalue weighted by Crippen LogP contribution is -2.10. The molecule has 8 heteroatoms. The summed E-state index contributed by atoms with van der Waals surface area (Å²) in [6.45, 7) is 1.46. The molecule has 0 atom stereocenters. The monoisotopic (exact) mass is 338 g/mol. The smallest absolute Gasteiger partial charge is 0.338 e. The van der Waals surface area contributed by atoms with Gasteiger partial charge in [-0.1, -0.05) is 12.1 Å². The van der Waals surface area contributed by atoms with E-state index in [9.17, 15) is 14.9 Å². The fourth-order valence-corrected chi connectivity index (χ4v) is 2.41. The first-order chi connectivity index (χ1) is 12.0. The molecule has 0 spiro atoms. The number of non-ortho nitro benzene ring substituents is 1. The molecule has 2 N–H and O–H groups in total. The number of para-hydroxylation sites is 1. The quantitative estimate of drug-likeness (QED) is 0.441. The Morgan fingerprint density at radius 2 is 2.00 bits per heavy atom. The number of nitrogens with zero attached hydrogens (tertiary/aromatic N) is 3. The highest BCUT2D eigenvalue weighted by Crippen LogP contribution is 2.19. The van der Waals surface area contributed by atoms with Gasteiger partial charge in [0.15, 0.2) is 12.4 Å². The van der Waals surface area contributed by atoms with Crippen molar-refractivity contribution in [1.29, 1.82) is 0 Å². The number of carbonyl (C=O) groups excluding carboxylic acids is 1. The molecule has 0 aliphatic rings. The van der Waals surface area contributed by atoms with Crippen molar-refractivity contribution in [2.75, 3.05) is 5.73 Å². The molecule has 3 rings (SSSR count). The lowest BCUT2D eigenvalue weighted by Gasteiger charge is -2.08. The number of esters is 1. The van der Waals surface area contributed by atoms with E-state index in [0.717, 1.165) is 5.39 Å². The van der Waals surface area contributed by atoms with Gasteiger partial charge in [0, 0.05) is 17.5 Å². The molecule has 0 bridgehead atoms. The number of ether oxygens (including phenoxy) is 1. The number of nitrogen functional groups attached to an aromatic ring is 1. The Kier molecular flexibility index (Phi) is 4.25. The van der Waals surface area contributed by atoms with Crippen molar-refractivity contribution in [3.63, 3.8) is 0 Å². The zero-order valence-electron chi connectivity index (χ0n) is 13.3. The van der Waals surface area contributed by atoms with Gasteiger partial charge < -0.3 is 10.5 Å². The maximum Gasteiger partial charge on any atom is 0.338 e. The summed E-state index contributed by atoms with van der Waals surface area (Å²) >= 11 is 0. The van der Waals surface area contributed by atoms with Crippen LogP contribution in [0, 0.1) is 17.0 Å². The molecule has 0 aliphatic carbocycles. The lowest BCUT2D eigenvalue weighted by molar-refractivity contribution is -0.384. The van der Waals surface area contributed by atoms with E-state index >= 15 is 0 Å². The van der Waals surface area contributed by atoms with E-state index in [1.807, 2.05) is 12.1 Å². The predicted octanol–water partition coefficient (Wildman–Crippen LogP) is 2.79. The highest BCUT2D eigenvalue weighted by Gasteiger charge is 2.15. The van der Waals surface area contributed by atoms with Gasteiger partial charge in [-0.05, 0) is 30.7 Å². The van der Waals surface area contributed by atoms with E-state index in [1.54, 1.807) is 19.1 Å². The number of nitro benzene ring substituents is 1. The van der Waals surface area contributed by atoms with Gasteiger partial charge in [-0.2, -0.15) is 0 Å². The predicted molar refractivity (Wildman–Crippen MR) is 90.9 cm³/mol. The number of nitro groups is 1. The van der Waals surface area contributed by atoms with Crippen LogP contribution in [0.2, 0.25) is 0 Å². The Balaban J connectivity index is 1.77. The molecule has 126 valence electrons. The molecule has 1 aromatic heterocycles. The van der Waals surface area contributed by atoms with Crippen LogP contribution in [0.5, 0.6) is 0 Å². The summed E-state index contributed by atoms with van der Waals surface area (Å²) in [7, 11) is 0. The van der Waals surface area contributed by atoms with Crippen LogP contribution in [0.1, 0.15) is 21.7 Å². The largest absolute Gasteiger partial charge is 0.454 e. The van der Waals surface area contributed by atoms with Crippen LogP contribution in [0.4, 0.5) is 11.5 Å². The number of nitrogens with two attached hydrogens (primary N) is 1. The van der Waals surface area contributed by atoms with E-state index < -0.39 is 10.9 Å². The summed E-state index contributed by atoms with van der Waals surface area (Å²) in [5.74, 6) is -0.0185. The Morgan fingerprint density at radius 3 is 2.72 bits per heavy atom. The average Bonchev–Trinajstić information content (AvgIpc) is 2.59. The van der Waals surface area contributed by atoms with Gasteiger partial charge in [-0.15, -0.1) is 0 Å². The molecule has 2 aromatic carbocycles. The molecule has 0 amide bonds. The number of carbonyl (C=O) groups is 1. The van der Waals surface area contributed by atoms with Gasteiger partial charge >= 0.3 is 5.97 Å². The molecule has 0 aliphatic heterocycles. The van der Waals surface area contributed by atoms with Crippen LogP contribution in [0.15, 0.2) is 42.5 Å². The van der Waals surface area contributed by atoms with Crippen LogP contribution in [0.25, 0.3) is 10.9 Å². The topological polar surface area (TPSA) is 121 Å².